The van der Waals surface area contributed by atoms with Crippen LogP contribution in [0.25, 0.3) is 0 Å². The quantitative estimate of drug-likeness (QED) is 0.866. The third-order valence-corrected chi connectivity index (χ3v) is 3.43. The second kappa shape index (κ2) is 5.50. The largest absolute Gasteiger partial charge is 0.354 e. The molecular formula is C14H23N3. The van der Waals surface area contributed by atoms with Gasteiger partial charge in [0.15, 0.2) is 0 Å². The number of aromatic nitrogens is 1. The molecule has 3 nitrogen and oxygen atoms in total. The van der Waals surface area contributed by atoms with E-state index in [1.807, 2.05) is 0 Å². The molecule has 1 fully saturated rings. The van der Waals surface area contributed by atoms with Crippen molar-refractivity contribution in [3.05, 3.63) is 23.4 Å². The molecule has 3 heteroatoms. The third kappa shape index (κ3) is 2.97. The average molecular weight is 233 g/mol. The fraction of sp³-hybridized carbons (Fsp3) is 0.643. The van der Waals surface area contributed by atoms with Crippen molar-refractivity contribution < 1.29 is 0 Å². The van der Waals surface area contributed by atoms with Crippen LogP contribution in [0.1, 0.15) is 37.9 Å². The van der Waals surface area contributed by atoms with Crippen LogP contribution in [0.2, 0.25) is 0 Å². The minimum atomic E-state index is 0.635. The Kier molecular flexibility index (Phi) is 4.00. The Hall–Kier alpha value is -1.09. The first-order valence-corrected chi connectivity index (χ1v) is 6.65. The maximum absolute atomic E-state index is 4.67. The summed E-state index contributed by atoms with van der Waals surface area (Å²) in [4.78, 5) is 7.11. The molecule has 94 valence electrons. The molecule has 0 bridgehead atoms. The zero-order valence-electron chi connectivity index (χ0n) is 11.2. The molecule has 1 atom stereocenters. The van der Waals surface area contributed by atoms with Gasteiger partial charge < -0.3 is 10.2 Å². The van der Waals surface area contributed by atoms with Crippen LogP contribution in [0.3, 0.4) is 0 Å². The molecule has 0 saturated carbocycles. The highest BCUT2D eigenvalue weighted by Gasteiger charge is 2.21. The normalized spacial score (nSPS) is 19.9. The van der Waals surface area contributed by atoms with Crippen molar-refractivity contribution in [2.45, 2.75) is 46.2 Å². The molecule has 1 N–H and O–H groups in total. The minimum Gasteiger partial charge on any atom is -0.354 e. The van der Waals surface area contributed by atoms with E-state index in [1.54, 1.807) is 0 Å². The lowest BCUT2D eigenvalue weighted by Gasteiger charge is -2.23. The highest BCUT2D eigenvalue weighted by Crippen LogP contribution is 2.24. The Morgan fingerprint density at radius 2 is 2.29 bits per heavy atom. The van der Waals surface area contributed by atoms with Gasteiger partial charge in [0, 0.05) is 24.8 Å². The summed E-state index contributed by atoms with van der Waals surface area (Å²) in [7, 11) is 0. The maximum atomic E-state index is 4.67. The Morgan fingerprint density at radius 3 is 2.94 bits per heavy atom. The number of hydrogen-bond acceptors (Lipinski definition) is 3. The number of anilines is 1. The second-order valence-corrected chi connectivity index (χ2v) is 4.94. The number of pyridine rings is 1. The first kappa shape index (κ1) is 12.4. The van der Waals surface area contributed by atoms with Gasteiger partial charge in [-0.25, -0.2) is 4.98 Å². The fourth-order valence-electron chi connectivity index (χ4n) is 2.51. The number of hydrogen-bond donors (Lipinski definition) is 1. The smallest absolute Gasteiger partial charge is 0.129 e. The van der Waals surface area contributed by atoms with Crippen molar-refractivity contribution >= 4 is 5.82 Å². The number of aryl methyl sites for hydroxylation is 1. The third-order valence-electron chi connectivity index (χ3n) is 3.43. The van der Waals surface area contributed by atoms with Gasteiger partial charge >= 0.3 is 0 Å². The van der Waals surface area contributed by atoms with E-state index in [0.717, 1.165) is 31.1 Å². The molecular weight excluding hydrogens is 210 g/mol. The van der Waals surface area contributed by atoms with Crippen LogP contribution in [-0.2, 0) is 6.54 Å². The van der Waals surface area contributed by atoms with Gasteiger partial charge in [-0.15, -0.1) is 0 Å². The van der Waals surface area contributed by atoms with E-state index in [2.05, 4.69) is 48.1 Å². The molecule has 1 saturated heterocycles. The van der Waals surface area contributed by atoms with Gasteiger partial charge in [0.1, 0.15) is 5.82 Å². The van der Waals surface area contributed by atoms with Gasteiger partial charge in [0.2, 0.25) is 0 Å². The van der Waals surface area contributed by atoms with E-state index in [0.29, 0.717) is 6.04 Å². The van der Waals surface area contributed by atoms with Gasteiger partial charge in [-0.3, -0.25) is 0 Å². The van der Waals surface area contributed by atoms with Gasteiger partial charge in [0.25, 0.3) is 0 Å². The predicted octanol–water partition coefficient (Wildman–Crippen LogP) is 2.49. The summed E-state index contributed by atoms with van der Waals surface area (Å²) in [5, 5.41) is 3.37. The van der Waals surface area contributed by atoms with Crippen LogP contribution in [0.15, 0.2) is 12.1 Å². The summed E-state index contributed by atoms with van der Waals surface area (Å²) in [6.07, 6.45) is 2.58. The monoisotopic (exact) mass is 233 g/mol. The molecule has 1 aliphatic heterocycles. The van der Waals surface area contributed by atoms with Crippen LogP contribution in [0.5, 0.6) is 0 Å². The Balaban J connectivity index is 2.18. The Bertz CT molecular complexity index is 376. The lowest BCUT2D eigenvalue weighted by atomic mass is 10.2. The van der Waals surface area contributed by atoms with Crippen molar-refractivity contribution in [2.24, 2.45) is 0 Å². The highest BCUT2D eigenvalue weighted by molar-refractivity contribution is 5.44. The summed E-state index contributed by atoms with van der Waals surface area (Å²) < 4.78 is 0. The molecule has 0 spiro atoms. The van der Waals surface area contributed by atoms with Crippen molar-refractivity contribution in [1.82, 2.24) is 10.3 Å². The van der Waals surface area contributed by atoms with Crippen molar-refractivity contribution in [3.8, 4) is 0 Å². The zero-order chi connectivity index (χ0) is 12.3. The molecule has 2 rings (SSSR count). The molecule has 17 heavy (non-hydrogen) atoms. The van der Waals surface area contributed by atoms with Gasteiger partial charge in [-0.05, 0) is 50.9 Å². The first-order valence-electron chi connectivity index (χ1n) is 6.65. The van der Waals surface area contributed by atoms with Gasteiger partial charge in [-0.1, -0.05) is 6.92 Å². The van der Waals surface area contributed by atoms with E-state index in [-0.39, 0.29) is 0 Å². The van der Waals surface area contributed by atoms with E-state index in [4.69, 9.17) is 0 Å². The maximum Gasteiger partial charge on any atom is 0.129 e. The lowest BCUT2D eigenvalue weighted by molar-refractivity contribution is 0.713. The van der Waals surface area contributed by atoms with E-state index in [1.165, 1.54) is 18.4 Å². The van der Waals surface area contributed by atoms with E-state index in [9.17, 15) is 0 Å². The van der Waals surface area contributed by atoms with Crippen LogP contribution in [0, 0.1) is 6.92 Å². The molecule has 1 aliphatic rings. The van der Waals surface area contributed by atoms with Crippen LogP contribution in [-0.4, -0.2) is 24.1 Å². The fourth-order valence-corrected chi connectivity index (χ4v) is 2.51. The van der Waals surface area contributed by atoms with E-state index < -0.39 is 0 Å². The molecule has 0 radical (unpaired) electrons. The summed E-state index contributed by atoms with van der Waals surface area (Å²) in [5.74, 6) is 1.16. The molecule has 1 unspecified atom stereocenters. The van der Waals surface area contributed by atoms with Gasteiger partial charge in [-0.2, -0.15) is 0 Å². The van der Waals surface area contributed by atoms with Crippen molar-refractivity contribution in [1.29, 1.82) is 0 Å². The first-order chi connectivity index (χ1) is 8.20. The van der Waals surface area contributed by atoms with Gasteiger partial charge in [0.05, 0.1) is 0 Å². The molecule has 1 aromatic rings. The Labute approximate surface area is 104 Å². The molecule has 0 aliphatic carbocycles. The molecule has 1 aromatic heterocycles. The second-order valence-electron chi connectivity index (χ2n) is 4.94. The number of nitrogens with zero attached hydrogens (tertiary/aromatic N) is 2. The molecule has 0 aromatic carbocycles. The zero-order valence-corrected chi connectivity index (χ0v) is 11.2. The Morgan fingerprint density at radius 1 is 1.47 bits per heavy atom. The number of nitrogens with one attached hydrogen (secondary N) is 1. The minimum absolute atomic E-state index is 0.635. The predicted molar refractivity (Wildman–Crippen MR) is 72.4 cm³/mol. The average Bonchev–Trinajstić information content (AvgIpc) is 2.72. The van der Waals surface area contributed by atoms with Crippen LogP contribution >= 0.6 is 0 Å². The molecule has 2 heterocycles. The van der Waals surface area contributed by atoms with E-state index >= 15 is 0 Å². The number of rotatable bonds is 4. The highest BCUT2D eigenvalue weighted by atomic mass is 15.2. The van der Waals surface area contributed by atoms with Crippen LogP contribution < -0.4 is 10.2 Å². The molecule has 0 amide bonds. The summed E-state index contributed by atoms with van der Waals surface area (Å²) in [6.45, 7) is 9.61. The van der Waals surface area contributed by atoms with Crippen molar-refractivity contribution in [2.75, 3.05) is 18.0 Å². The summed E-state index contributed by atoms with van der Waals surface area (Å²) in [5.41, 5.74) is 2.46. The lowest BCUT2D eigenvalue weighted by Crippen LogP contribution is -2.27. The standard InChI is InChI=1S/C14H23N3/c1-4-15-10-13-8-11(2)16-14(9-13)17-7-5-6-12(17)3/h8-9,12,15H,4-7,10H2,1-3H3. The van der Waals surface area contributed by atoms with Crippen LogP contribution in [0.4, 0.5) is 5.82 Å². The summed E-state index contributed by atoms with van der Waals surface area (Å²) in [6, 6.07) is 5.04. The SMILES string of the molecule is CCNCc1cc(C)nc(N2CCCC2C)c1. The van der Waals surface area contributed by atoms with Crippen molar-refractivity contribution in [3.63, 3.8) is 0 Å². The topological polar surface area (TPSA) is 28.2 Å². The summed E-state index contributed by atoms with van der Waals surface area (Å²) >= 11 is 0.